The number of aryl methyl sites for hydroxylation is 2. The summed E-state index contributed by atoms with van der Waals surface area (Å²) in [4.78, 5) is 21.8. The maximum Gasteiger partial charge on any atom is 0.254 e. The number of carbonyl (C=O) groups excluding carboxylic acids is 1. The molecule has 3 aromatic rings. The third-order valence-electron chi connectivity index (χ3n) is 8.33. The van der Waals surface area contributed by atoms with Crippen LogP contribution in [0.4, 0.5) is 20.2 Å². The Kier molecular flexibility index (Phi) is 8.70. The Morgan fingerprint density at radius 1 is 0.762 bits per heavy atom. The summed E-state index contributed by atoms with van der Waals surface area (Å²) in [6, 6.07) is 17.8. The number of hydrogen-bond donors (Lipinski definition) is 0. The molecule has 2 aliphatic heterocycles. The van der Waals surface area contributed by atoms with E-state index in [0.29, 0.717) is 37.3 Å². The van der Waals surface area contributed by atoms with Crippen LogP contribution in [0.3, 0.4) is 0 Å². The fraction of sp³-hybridized carbons (Fsp3) is 0.364. The third kappa shape index (κ3) is 6.07. The van der Waals surface area contributed by atoms with Crippen LogP contribution >= 0.6 is 0 Å². The first-order chi connectivity index (χ1) is 20.3. The number of halogens is 2. The highest BCUT2D eigenvalue weighted by atomic mass is 19.1. The predicted molar refractivity (Wildman–Crippen MR) is 158 cm³/mol. The van der Waals surface area contributed by atoms with Crippen LogP contribution in [0.15, 0.2) is 48.5 Å². The Bertz CT molecular complexity index is 1570. The summed E-state index contributed by atoms with van der Waals surface area (Å²) in [5, 5.41) is 18.5. The summed E-state index contributed by atoms with van der Waals surface area (Å²) in [6.45, 7) is 9.75. The summed E-state index contributed by atoms with van der Waals surface area (Å²) in [7, 11) is 0. The molecular weight excluding hydrogens is 534 g/mol. The lowest BCUT2D eigenvalue weighted by molar-refractivity contribution is 0.0745. The van der Waals surface area contributed by atoms with Gasteiger partial charge in [-0.15, -0.1) is 0 Å². The second-order valence-corrected chi connectivity index (χ2v) is 11.0. The van der Waals surface area contributed by atoms with Crippen molar-refractivity contribution in [3.63, 3.8) is 0 Å². The van der Waals surface area contributed by atoms with Crippen LogP contribution in [-0.2, 0) is 6.54 Å². The minimum absolute atomic E-state index is 0.0602. The van der Waals surface area contributed by atoms with Crippen LogP contribution < -0.4 is 9.80 Å². The van der Waals surface area contributed by atoms with Crippen LogP contribution in [0, 0.1) is 48.1 Å². The molecular formula is C33H34F2N6O. The van der Waals surface area contributed by atoms with Gasteiger partial charge in [0.2, 0.25) is 0 Å². The van der Waals surface area contributed by atoms with Crippen LogP contribution in [-0.4, -0.2) is 68.1 Å². The van der Waals surface area contributed by atoms with E-state index in [2.05, 4.69) is 28.9 Å². The molecule has 0 unspecified atom stereocenters. The van der Waals surface area contributed by atoms with Gasteiger partial charge in [-0.3, -0.25) is 9.69 Å². The van der Waals surface area contributed by atoms with E-state index in [-0.39, 0.29) is 17.2 Å². The normalized spacial score (nSPS) is 16.1. The van der Waals surface area contributed by atoms with E-state index in [1.54, 1.807) is 15.9 Å². The number of nitriles is 2. The minimum Gasteiger partial charge on any atom is -0.369 e. The van der Waals surface area contributed by atoms with E-state index in [1.165, 1.54) is 0 Å². The Morgan fingerprint density at radius 2 is 1.45 bits per heavy atom. The quantitative estimate of drug-likeness (QED) is 0.431. The van der Waals surface area contributed by atoms with Gasteiger partial charge in [0, 0.05) is 70.5 Å². The highest BCUT2D eigenvalue weighted by molar-refractivity contribution is 5.96. The summed E-state index contributed by atoms with van der Waals surface area (Å²) in [5.74, 6) is -1.45. The molecule has 2 saturated heterocycles. The van der Waals surface area contributed by atoms with Crippen LogP contribution in [0.5, 0.6) is 0 Å². The average Bonchev–Trinajstić information content (AvgIpc) is 3.24. The fourth-order valence-electron chi connectivity index (χ4n) is 5.94. The summed E-state index contributed by atoms with van der Waals surface area (Å²) >= 11 is 0. The van der Waals surface area contributed by atoms with Gasteiger partial charge in [0.25, 0.3) is 5.91 Å². The molecule has 2 heterocycles. The zero-order chi connectivity index (χ0) is 29.8. The van der Waals surface area contributed by atoms with Crippen LogP contribution in [0.1, 0.15) is 44.6 Å². The molecule has 5 rings (SSSR count). The molecule has 2 fully saturated rings. The second kappa shape index (κ2) is 12.6. The second-order valence-electron chi connectivity index (χ2n) is 11.0. The van der Waals surface area contributed by atoms with Gasteiger partial charge < -0.3 is 14.7 Å². The number of benzene rings is 3. The summed E-state index contributed by atoms with van der Waals surface area (Å²) < 4.78 is 28.7. The number of carbonyl (C=O) groups is 1. The molecule has 0 radical (unpaired) electrons. The maximum atomic E-state index is 14.6. The standard InChI is InChI=1S/C33H34F2N6O/c1-23-16-24(2)28(33(42)41-14-12-40(13-15-41)32-19-29(34)26(21-37)18-30(32)35)17-27(23)22-38-8-5-9-39(11-10-38)31-7-4-3-6-25(31)20-36/h3-4,6-7,16-19H,5,8-15,22H2,1-2H3. The van der Waals surface area contributed by atoms with Crippen LogP contribution in [0.2, 0.25) is 0 Å². The first-order valence-corrected chi connectivity index (χ1v) is 14.3. The summed E-state index contributed by atoms with van der Waals surface area (Å²) in [6.07, 6.45) is 0.977. The maximum absolute atomic E-state index is 14.6. The molecule has 216 valence electrons. The molecule has 0 saturated carbocycles. The summed E-state index contributed by atoms with van der Waals surface area (Å²) in [5.41, 5.74) is 5.30. The first-order valence-electron chi connectivity index (χ1n) is 14.3. The Balaban J connectivity index is 1.25. The van der Waals surface area contributed by atoms with Gasteiger partial charge in [0.15, 0.2) is 0 Å². The van der Waals surface area contributed by atoms with Crippen molar-refractivity contribution in [2.75, 3.05) is 62.2 Å². The molecule has 0 aromatic heterocycles. The van der Waals surface area contributed by atoms with E-state index in [4.69, 9.17) is 5.26 Å². The largest absolute Gasteiger partial charge is 0.369 e. The van der Waals surface area contributed by atoms with Gasteiger partial charge >= 0.3 is 0 Å². The number of piperazine rings is 1. The molecule has 7 nitrogen and oxygen atoms in total. The van der Waals surface area contributed by atoms with Gasteiger partial charge in [-0.25, -0.2) is 8.78 Å². The van der Waals surface area contributed by atoms with Gasteiger partial charge in [0.05, 0.1) is 22.5 Å². The third-order valence-corrected chi connectivity index (χ3v) is 8.33. The number of anilines is 2. The fourth-order valence-corrected chi connectivity index (χ4v) is 5.94. The zero-order valence-electron chi connectivity index (χ0n) is 24.0. The van der Waals surface area contributed by atoms with Gasteiger partial charge in [-0.1, -0.05) is 18.2 Å². The number of rotatable bonds is 5. The highest BCUT2D eigenvalue weighted by Crippen LogP contribution is 2.26. The lowest BCUT2D eigenvalue weighted by atomic mass is 9.98. The molecule has 9 heteroatoms. The predicted octanol–water partition coefficient (Wildman–Crippen LogP) is 5.00. The lowest BCUT2D eigenvalue weighted by Gasteiger charge is -2.36. The molecule has 0 spiro atoms. The van der Waals surface area contributed by atoms with E-state index in [9.17, 15) is 18.8 Å². The Labute approximate surface area is 245 Å². The smallest absolute Gasteiger partial charge is 0.254 e. The molecule has 2 aliphatic rings. The number of para-hydroxylation sites is 1. The Morgan fingerprint density at radius 3 is 2.19 bits per heavy atom. The van der Waals surface area contributed by atoms with E-state index >= 15 is 0 Å². The van der Waals surface area contributed by atoms with Gasteiger partial charge in [-0.05, 0) is 61.2 Å². The number of amides is 1. The molecule has 0 aliphatic carbocycles. The monoisotopic (exact) mass is 568 g/mol. The first kappa shape index (κ1) is 29.0. The van der Waals surface area contributed by atoms with E-state index in [0.717, 1.165) is 73.7 Å². The highest BCUT2D eigenvalue weighted by Gasteiger charge is 2.26. The number of hydrogen-bond acceptors (Lipinski definition) is 6. The van der Waals surface area contributed by atoms with Crippen molar-refractivity contribution < 1.29 is 13.6 Å². The SMILES string of the molecule is Cc1cc(C)c(C(=O)N2CCN(c3cc(F)c(C#N)cc3F)CC2)cc1CN1CCCN(c2ccccc2C#N)CC1. The Hall–Kier alpha value is -4.47. The zero-order valence-corrected chi connectivity index (χ0v) is 24.0. The molecule has 0 N–H and O–H groups in total. The molecule has 1 amide bonds. The average molecular weight is 569 g/mol. The molecule has 0 atom stereocenters. The van der Waals surface area contributed by atoms with Crippen LogP contribution in [0.25, 0.3) is 0 Å². The van der Waals surface area contributed by atoms with E-state index in [1.807, 2.05) is 37.3 Å². The van der Waals surface area contributed by atoms with Crippen molar-refractivity contribution in [2.24, 2.45) is 0 Å². The molecule has 42 heavy (non-hydrogen) atoms. The minimum atomic E-state index is -0.751. The number of nitrogens with zero attached hydrogens (tertiary/aromatic N) is 6. The molecule has 3 aromatic carbocycles. The van der Waals surface area contributed by atoms with Crippen molar-refractivity contribution >= 4 is 17.3 Å². The van der Waals surface area contributed by atoms with Crippen molar-refractivity contribution in [3.8, 4) is 12.1 Å². The topological polar surface area (TPSA) is 77.6 Å². The van der Waals surface area contributed by atoms with Gasteiger partial charge in [-0.2, -0.15) is 10.5 Å². The van der Waals surface area contributed by atoms with Crippen molar-refractivity contribution in [1.82, 2.24) is 9.80 Å². The van der Waals surface area contributed by atoms with Crippen molar-refractivity contribution in [1.29, 1.82) is 10.5 Å². The van der Waals surface area contributed by atoms with Crippen molar-refractivity contribution in [2.45, 2.75) is 26.8 Å². The van der Waals surface area contributed by atoms with E-state index < -0.39 is 11.6 Å². The van der Waals surface area contributed by atoms with Gasteiger partial charge in [0.1, 0.15) is 23.8 Å². The molecule has 0 bridgehead atoms. The van der Waals surface area contributed by atoms with Crippen molar-refractivity contribution in [3.05, 3.63) is 93.5 Å². The lowest BCUT2D eigenvalue weighted by Crippen LogP contribution is -2.49.